The van der Waals surface area contributed by atoms with Crippen molar-refractivity contribution >= 4 is 12.2 Å². The fraction of sp³-hybridized carbons (Fsp3) is 0.529. The second kappa shape index (κ2) is 18.2. The number of rotatable bonds is 19. The Kier molecular flexibility index (Phi) is 15.1. The molecule has 1 heteroatoms. The molecule has 0 amide bonds. The molecule has 0 saturated heterocycles. The van der Waals surface area contributed by atoms with Gasteiger partial charge in [0.15, 0.2) is 0 Å². The minimum Gasteiger partial charge on any atom is -0.291 e. The van der Waals surface area contributed by atoms with Gasteiger partial charge in [0, 0.05) is 18.6 Å². The van der Waals surface area contributed by atoms with E-state index >= 15 is 0 Å². The van der Waals surface area contributed by atoms with Crippen LogP contribution < -0.4 is 0 Å². The average Bonchev–Trinajstić information content (AvgIpc) is 2.87. The van der Waals surface area contributed by atoms with E-state index in [0.29, 0.717) is 0 Å². The van der Waals surface area contributed by atoms with Crippen LogP contribution in [0, 0.1) is 0 Å². The third-order valence-electron chi connectivity index (χ3n) is 7.12. The van der Waals surface area contributed by atoms with Crippen molar-refractivity contribution < 1.29 is 0 Å². The lowest BCUT2D eigenvalue weighted by Crippen LogP contribution is -2.44. The lowest BCUT2D eigenvalue weighted by atomic mass is 9.93. The van der Waals surface area contributed by atoms with Crippen LogP contribution in [0.3, 0.4) is 0 Å². The maximum atomic E-state index is 2.63. The molecule has 0 aliphatic carbocycles. The van der Waals surface area contributed by atoms with Gasteiger partial charge in [0.2, 0.25) is 0 Å². The summed E-state index contributed by atoms with van der Waals surface area (Å²) in [6, 6.07) is 21.3. The van der Waals surface area contributed by atoms with Crippen LogP contribution in [0.15, 0.2) is 72.8 Å². The zero-order valence-electron chi connectivity index (χ0n) is 22.9. The third-order valence-corrected chi connectivity index (χ3v) is 7.12. The molecule has 0 saturated carbocycles. The maximum absolute atomic E-state index is 2.63. The standard InChI is InChI=1S/C34H51N/c1-4-5-6-7-8-9-10-11-12-13-20-29-34(2,3)35(30-21-27-32-23-16-14-17-24-32)31-22-28-33-25-18-15-19-26-33/h14-19,21-28H,4-13,20,29-31H2,1-3H3/b27-21+,28-22+. The van der Waals surface area contributed by atoms with Crippen molar-refractivity contribution in [3.05, 3.63) is 83.9 Å². The van der Waals surface area contributed by atoms with Crippen LogP contribution in [0.2, 0.25) is 0 Å². The van der Waals surface area contributed by atoms with E-state index in [-0.39, 0.29) is 5.54 Å². The topological polar surface area (TPSA) is 3.24 Å². The van der Waals surface area contributed by atoms with Crippen molar-refractivity contribution in [2.24, 2.45) is 0 Å². The predicted octanol–water partition coefficient (Wildman–Crippen LogP) is 10.2. The van der Waals surface area contributed by atoms with Gasteiger partial charge in [-0.15, -0.1) is 0 Å². The number of hydrogen-bond donors (Lipinski definition) is 0. The third kappa shape index (κ3) is 13.5. The first-order valence-corrected chi connectivity index (χ1v) is 14.3. The van der Waals surface area contributed by atoms with Gasteiger partial charge in [0.1, 0.15) is 0 Å². The van der Waals surface area contributed by atoms with E-state index in [1.807, 2.05) is 0 Å². The zero-order valence-corrected chi connectivity index (χ0v) is 22.9. The first-order valence-electron chi connectivity index (χ1n) is 14.3. The molecule has 0 heterocycles. The fourth-order valence-corrected chi connectivity index (χ4v) is 4.71. The molecule has 2 rings (SSSR count). The highest BCUT2D eigenvalue weighted by atomic mass is 15.2. The number of hydrogen-bond acceptors (Lipinski definition) is 1. The molecule has 0 aromatic heterocycles. The second-order valence-electron chi connectivity index (χ2n) is 10.6. The summed E-state index contributed by atoms with van der Waals surface area (Å²) in [5.41, 5.74) is 2.73. The molecule has 0 unspecified atom stereocenters. The van der Waals surface area contributed by atoms with Crippen molar-refractivity contribution in [3.8, 4) is 0 Å². The van der Waals surface area contributed by atoms with Crippen LogP contribution in [0.4, 0.5) is 0 Å². The van der Waals surface area contributed by atoms with Crippen molar-refractivity contribution in [1.82, 2.24) is 4.90 Å². The van der Waals surface area contributed by atoms with E-state index in [1.165, 1.54) is 88.2 Å². The van der Waals surface area contributed by atoms with Crippen LogP contribution in [-0.4, -0.2) is 23.5 Å². The molecule has 2 aromatic rings. The predicted molar refractivity (Wildman–Crippen MR) is 158 cm³/mol. The molecule has 0 aliphatic heterocycles. The van der Waals surface area contributed by atoms with E-state index in [9.17, 15) is 0 Å². The highest BCUT2D eigenvalue weighted by molar-refractivity contribution is 5.49. The van der Waals surface area contributed by atoms with Crippen LogP contribution in [-0.2, 0) is 0 Å². The largest absolute Gasteiger partial charge is 0.291 e. The molecule has 0 fully saturated rings. The van der Waals surface area contributed by atoms with Gasteiger partial charge in [-0.2, -0.15) is 0 Å². The number of unbranched alkanes of at least 4 members (excludes halogenated alkanes) is 10. The Morgan fingerprint density at radius 3 is 1.40 bits per heavy atom. The zero-order chi connectivity index (χ0) is 25.0. The van der Waals surface area contributed by atoms with Gasteiger partial charge < -0.3 is 0 Å². The van der Waals surface area contributed by atoms with Crippen molar-refractivity contribution in [3.63, 3.8) is 0 Å². The molecular weight excluding hydrogens is 422 g/mol. The Bertz CT molecular complexity index is 751. The van der Waals surface area contributed by atoms with Crippen LogP contribution in [0.1, 0.15) is 109 Å². The maximum Gasteiger partial charge on any atom is 0.0175 e. The Hall–Kier alpha value is -2.12. The van der Waals surface area contributed by atoms with Crippen molar-refractivity contribution in [2.45, 2.75) is 103 Å². The molecular formula is C34H51N. The first kappa shape index (κ1) is 29.1. The molecule has 0 aliphatic rings. The SMILES string of the molecule is CCCCCCCCCCCCCC(C)(C)N(C/C=C/c1ccccc1)C/C=C/c1ccccc1. The summed E-state index contributed by atoms with van der Waals surface area (Å²) in [5.74, 6) is 0. The van der Waals surface area contributed by atoms with Gasteiger partial charge in [-0.05, 0) is 31.4 Å². The summed E-state index contributed by atoms with van der Waals surface area (Å²) >= 11 is 0. The van der Waals surface area contributed by atoms with Gasteiger partial charge in [0.25, 0.3) is 0 Å². The minimum absolute atomic E-state index is 0.182. The average molecular weight is 474 g/mol. The Morgan fingerprint density at radius 2 is 0.971 bits per heavy atom. The van der Waals surface area contributed by atoms with Crippen molar-refractivity contribution in [1.29, 1.82) is 0 Å². The van der Waals surface area contributed by atoms with Gasteiger partial charge in [-0.3, -0.25) is 4.90 Å². The van der Waals surface area contributed by atoms with E-state index in [0.717, 1.165) is 13.1 Å². The fourth-order valence-electron chi connectivity index (χ4n) is 4.71. The summed E-state index contributed by atoms with van der Waals surface area (Å²) in [6.07, 6.45) is 25.9. The molecule has 0 atom stereocenters. The Morgan fingerprint density at radius 1 is 0.571 bits per heavy atom. The molecule has 35 heavy (non-hydrogen) atoms. The van der Waals surface area contributed by atoms with Crippen molar-refractivity contribution in [2.75, 3.05) is 13.1 Å². The lowest BCUT2D eigenvalue weighted by Gasteiger charge is -2.38. The minimum atomic E-state index is 0.182. The summed E-state index contributed by atoms with van der Waals surface area (Å²) in [4.78, 5) is 2.63. The molecule has 0 N–H and O–H groups in total. The number of benzene rings is 2. The van der Waals surface area contributed by atoms with E-state index < -0.39 is 0 Å². The quantitative estimate of drug-likeness (QED) is 0.183. The van der Waals surface area contributed by atoms with Gasteiger partial charge >= 0.3 is 0 Å². The second-order valence-corrected chi connectivity index (χ2v) is 10.6. The lowest BCUT2D eigenvalue weighted by molar-refractivity contribution is 0.139. The van der Waals surface area contributed by atoms with Crippen LogP contribution in [0.25, 0.3) is 12.2 Å². The van der Waals surface area contributed by atoms with E-state index in [2.05, 4.69) is 111 Å². The molecule has 192 valence electrons. The van der Waals surface area contributed by atoms with E-state index in [4.69, 9.17) is 0 Å². The van der Waals surface area contributed by atoms with Crippen LogP contribution in [0.5, 0.6) is 0 Å². The molecule has 2 aromatic carbocycles. The van der Waals surface area contributed by atoms with Crippen LogP contribution >= 0.6 is 0 Å². The molecule has 0 bridgehead atoms. The Balaban J connectivity index is 1.78. The highest BCUT2D eigenvalue weighted by Gasteiger charge is 2.24. The number of nitrogens with zero attached hydrogens (tertiary/aromatic N) is 1. The monoisotopic (exact) mass is 473 g/mol. The summed E-state index contributed by atoms with van der Waals surface area (Å²) in [7, 11) is 0. The van der Waals surface area contributed by atoms with Gasteiger partial charge in [-0.25, -0.2) is 0 Å². The first-order chi connectivity index (χ1) is 17.1. The Labute approximate surface area is 217 Å². The van der Waals surface area contributed by atoms with Gasteiger partial charge in [0.05, 0.1) is 0 Å². The highest BCUT2D eigenvalue weighted by Crippen LogP contribution is 2.23. The summed E-state index contributed by atoms with van der Waals surface area (Å²) in [5, 5.41) is 0. The molecule has 0 radical (unpaired) electrons. The van der Waals surface area contributed by atoms with E-state index in [1.54, 1.807) is 0 Å². The summed E-state index contributed by atoms with van der Waals surface area (Å²) < 4.78 is 0. The smallest absolute Gasteiger partial charge is 0.0175 e. The molecule has 1 nitrogen and oxygen atoms in total. The normalized spacial score (nSPS) is 12.3. The van der Waals surface area contributed by atoms with Gasteiger partial charge in [-0.1, -0.05) is 163 Å². The summed E-state index contributed by atoms with van der Waals surface area (Å²) in [6.45, 7) is 9.09. The molecule has 0 spiro atoms.